The van der Waals surface area contributed by atoms with Gasteiger partial charge in [0.2, 0.25) is 5.13 Å². The third-order valence-electron chi connectivity index (χ3n) is 3.80. The van der Waals surface area contributed by atoms with Crippen molar-refractivity contribution >= 4 is 22.5 Å². The van der Waals surface area contributed by atoms with Gasteiger partial charge in [-0.1, -0.05) is 19.0 Å². The predicted octanol–water partition coefficient (Wildman–Crippen LogP) is 1.14. The van der Waals surface area contributed by atoms with Gasteiger partial charge in [0.25, 0.3) is 0 Å². The number of nitrogens with two attached hydrogens (primary N) is 1. The maximum absolute atomic E-state index is 8.86. The Kier molecular flexibility index (Phi) is 5.75. The summed E-state index contributed by atoms with van der Waals surface area (Å²) in [5.74, 6) is 1.25. The molecule has 2 rings (SSSR count). The normalized spacial score (nSPS) is 19.0. The second kappa shape index (κ2) is 7.56. The Morgan fingerprint density at radius 1 is 1.38 bits per heavy atom. The molecule has 1 aromatic heterocycles. The Hall–Kier alpha value is -1.41. The molecule has 1 fully saturated rings. The average molecular weight is 312 g/mol. The molecular formula is C13H24N6OS. The lowest BCUT2D eigenvalue weighted by Gasteiger charge is -2.38. The van der Waals surface area contributed by atoms with Crippen molar-refractivity contribution in [3.8, 4) is 0 Å². The van der Waals surface area contributed by atoms with Gasteiger partial charge in [-0.2, -0.15) is 4.37 Å². The van der Waals surface area contributed by atoms with Crippen molar-refractivity contribution in [1.29, 1.82) is 0 Å². The van der Waals surface area contributed by atoms with E-state index in [4.69, 9.17) is 10.9 Å². The number of hydrogen-bond acceptors (Lipinski definition) is 7. The lowest BCUT2D eigenvalue weighted by atomic mass is 10.1. The fraction of sp³-hybridized carbons (Fsp3) is 0.769. The summed E-state index contributed by atoms with van der Waals surface area (Å²) in [6.07, 6.45) is 2.86. The predicted molar refractivity (Wildman–Crippen MR) is 85.2 cm³/mol. The zero-order chi connectivity index (χ0) is 15.2. The molecule has 1 aromatic rings. The Bertz CT molecular complexity index is 469. The highest BCUT2D eigenvalue weighted by molar-refractivity contribution is 7.09. The summed E-state index contributed by atoms with van der Waals surface area (Å²) in [7, 11) is 0. The number of oxime groups is 1. The summed E-state index contributed by atoms with van der Waals surface area (Å²) in [5, 5.41) is 13.0. The van der Waals surface area contributed by atoms with Crippen LogP contribution in [0.3, 0.4) is 0 Å². The number of rotatable bonds is 6. The van der Waals surface area contributed by atoms with Crippen LogP contribution in [0.15, 0.2) is 5.16 Å². The maximum Gasteiger partial charge on any atom is 0.205 e. The number of piperazine rings is 1. The molecule has 1 aliphatic heterocycles. The van der Waals surface area contributed by atoms with E-state index < -0.39 is 0 Å². The first-order chi connectivity index (χ1) is 10.2. The van der Waals surface area contributed by atoms with Gasteiger partial charge >= 0.3 is 0 Å². The van der Waals surface area contributed by atoms with Crippen LogP contribution in [0, 0.1) is 0 Å². The highest BCUT2D eigenvalue weighted by Gasteiger charge is 2.26. The quantitative estimate of drug-likeness (QED) is 0.354. The summed E-state index contributed by atoms with van der Waals surface area (Å²) in [5.41, 5.74) is 5.77. The molecule has 1 unspecified atom stereocenters. The highest BCUT2D eigenvalue weighted by Crippen LogP contribution is 2.20. The van der Waals surface area contributed by atoms with Crippen LogP contribution in [0.1, 0.15) is 32.5 Å². The first-order valence-electron chi connectivity index (χ1n) is 7.48. The van der Waals surface area contributed by atoms with Crippen LogP contribution >= 0.6 is 11.5 Å². The van der Waals surface area contributed by atoms with E-state index in [0.717, 1.165) is 56.4 Å². The maximum atomic E-state index is 8.86. The Labute approximate surface area is 129 Å². The van der Waals surface area contributed by atoms with Crippen molar-refractivity contribution in [2.75, 3.05) is 31.1 Å². The lowest BCUT2D eigenvalue weighted by molar-refractivity contribution is 0.216. The number of hydrogen-bond donors (Lipinski definition) is 2. The number of aromatic nitrogens is 2. The minimum atomic E-state index is 0.0159. The molecule has 1 saturated heterocycles. The van der Waals surface area contributed by atoms with Crippen molar-refractivity contribution in [1.82, 2.24) is 14.3 Å². The lowest BCUT2D eigenvalue weighted by Crippen LogP contribution is -2.54. The molecule has 1 aliphatic rings. The summed E-state index contributed by atoms with van der Waals surface area (Å²) in [6, 6.07) is 0.0159. The van der Waals surface area contributed by atoms with Crippen molar-refractivity contribution < 1.29 is 5.21 Å². The molecule has 0 amide bonds. The molecular weight excluding hydrogens is 288 g/mol. The fourth-order valence-corrected chi connectivity index (χ4v) is 3.41. The van der Waals surface area contributed by atoms with Crippen molar-refractivity contribution in [2.24, 2.45) is 10.9 Å². The van der Waals surface area contributed by atoms with Gasteiger partial charge in [0.05, 0.1) is 6.04 Å². The molecule has 2 heterocycles. The molecule has 0 saturated carbocycles. The molecule has 7 nitrogen and oxygen atoms in total. The zero-order valence-electron chi connectivity index (χ0n) is 12.7. The van der Waals surface area contributed by atoms with Crippen LogP contribution in [-0.4, -0.2) is 57.5 Å². The Balaban J connectivity index is 1.93. The molecule has 0 bridgehead atoms. The van der Waals surface area contributed by atoms with Crippen LogP contribution in [-0.2, 0) is 6.42 Å². The molecule has 3 N–H and O–H groups in total. The number of anilines is 1. The SMILES string of the molecule is CCCc1nsc(N2CCN(C(CC)C(N)=NO)CC2)n1. The van der Waals surface area contributed by atoms with E-state index in [2.05, 4.69) is 38.2 Å². The average Bonchev–Trinajstić information content (AvgIpc) is 2.97. The van der Waals surface area contributed by atoms with Crippen molar-refractivity contribution in [2.45, 2.75) is 39.2 Å². The highest BCUT2D eigenvalue weighted by atomic mass is 32.1. The van der Waals surface area contributed by atoms with Gasteiger partial charge in [0, 0.05) is 44.1 Å². The van der Waals surface area contributed by atoms with E-state index in [1.807, 2.05) is 0 Å². The van der Waals surface area contributed by atoms with Crippen molar-refractivity contribution in [3.63, 3.8) is 0 Å². The van der Waals surface area contributed by atoms with E-state index >= 15 is 0 Å². The second-order valence-corrected chi connectivity index (χ2v) is 5.95. The first-order valence-corrected chi connectivity index (χ1v) is 8.25. The monoisotopic (exact) mass is 312 g/mol. The minimum Gasteiger partial charge on any atom is -0.409 e. The van der Waals surface area contributed by atoms with E-state index in [0.29, 0.717) is 5.84 Å². The zero-order valence-corrected chi connectivity index (χ0v) is 13.5. The fourth-order valence-electron chi connectivity index (χ4n) is 2.64. The van der Waals surface area contributed by atoms with Gasteiger partial charge in [-0.05, 0) is 12.8 Å². The summed E-state index contributed by atoms with van der Waals surface area (Å²) in [6.45, 7) is 7.76. The van der Waals surface area contributed by atoms with E-state index in [-0.39, 0.29) is 6.04 Å². The molecule has 0 aromatic carbocycles. The molecule has 0 radical (unpaired) electrons. The molecule has 118 valence electrons. The van der Waals surface area contributed by atoms with Crippen LogP contribution < -0.4 is 10.6 Å². The summed E-state index contributed by atoms with van der Waals surface area (Å²) >= 11 is 1.48. The van der Waals surface area contributed by atoms with Gasteiger partial charge in [0.1, 0.15) is 5.82 Å². The molecule has 21 heavy (non-hydrogen) atoms. The standard InChI is InChI=1S/C13H24N6OS/c1-3-5-11-15-13(21-17-11)19-8-6-18(7-9-19)10(4-2)12(14)16-20/h10,20H,3-9H2,1-2H3,(H2,14,16). The van der Waals surface area contributed by atoms with Crippen LogP contribution in [0.4, 0.5) is 5.13 Å². The van der Waals surface area contributed by atoms with Gasteiger partial charge in [-0.3, -0.25) is 4.90 Å². The van der Waals surface area contributed by atoms with Crippen LogP contribution in [0.2, 0.25) is 0 Å². The van der Waals surface area contributed by atoms with Crippen molar-refractivity contribution in [3.05, 3.63) is 5.82 Å². The smallest absolute Gasteiger partial charge is 0.205 e. The molecule has 0 aliphatic carbocycles. The molecule has 1 atom stereocenters. The molecule has 0 spiro atoms. The topological polar surface area (TPSA) is 90.9 Å². The Morgan fingerprint density at radius 3 is 2.67 bits per heavy atom. The largest absolute Gasteiger partial charge is 0.409 e. The third-order valence-corrected chi connectivity index (χ3v) is 4.61. The van der Waals surface area contributed by atoms with E-state index in [9.17, 15) is 0 Å². The van der Waals surface area contributed by atoms with Gasteiger partial charge in [0.15, 0.2) is 5.84 Å². The summed E-state index contributed by atoms with van der Waals surface area (Å²) < 4.78 is 4.40. The van der Waals surface area contributed by atoms with E-state index in [1.54, 1.807) is 0 Å². The number of nitrogens with zero attached hydrogens (tertiary/aromatic N) is 5. The van der Waals surface area contributed by atoms with E-state index in [1.165, 1.54) is 11.5 Å². The van der Waals surface area contributed by atoms with Gasteiger partial charge < -0.3 is 15.8 Å². The number of amidine groups is 1. The van der Waals surface area contributed by atoms with Crippen LogP contribution in [0.5, 0.6) is 0 Å². The van der Waals surface area contributed by atoms with Crippen LogP contribution in [0.25, 0.3) is 0 Å². The van der Waals surface area contributed by atoms with Gasteiger partial charge in [-0.25, -0.2) is 4.98 Å². The van der Waals surface area contributed by atoms with Gasteiger partial charge in [-0.15, -0.1) is 0 Å². The third kappa shape index (κ3) is 3.82. The molecule has 8 heteroatoms. The summed E-state index contributed by atoms with van der Waals surface area (Å²) in [4.78, 5) is 9.12. The first kappa shape index (κ1) is 16.0. The number of aryl methyl sites for hydroxylation is 1. The second-order valence-electron chi connectivity index (χ2n) is 5.22. The minimum absolute atomic E-state index is 0.0159. The Morgan fingerprint density at radius 2 is 2.10 bits per heavy atom.